The lowest BCUT2D eigenvalue weighted by molar-refractivity contribution is -0.144. The zero-order valence-electron chi connectivity index (χ0n) is 12.6. The average molecular weight is 292 g/mol. The maximum Gasteiger partial charge on any atom is 0.306 e. The van der Waals surface area contributed by atoms with Crippen LogP contribution in [0.2, 0.25) is 0 Å². The van der Waals surface area contributed by atoms with Gasteiger partial charge in [0.05, 0.1) is 11.6 Å². The molecule has 1 amide bonds. The van der Waals surface area contributed by atoms with Gasteiger partial charge < -0.3 is 5.11 Å². The molecule has 21 heavy (non-hydrogen) atoms. The van der Waals surface area contributed by atoms with E-state index in [1.54, 1.807) is 0 Å². The molecule has 3 N–H and O–H groups in total. The molecule has 2 unspecified atom stereocenters. The van der Waals surface area contributed by atoms with Crippen LogP contribution in [0.15, 0.2) is 30.3 Å². The van der Waals surface area contributed by atoms with E-state index in [-0.39, 0.29) is 18.2 Å². The molecule has 116 valence electrons. The second kappa shape index (κ2) is 9.00. The number of carbonyl (C=O) groups excluding carboxylic acids is 1. The zero-order chi connectivity index (χ0) is 15.7. The quantitative estimate of drug-likeness (QED) is 0.611. The van der Waals surface area contributed by atoms with Gasteiger partial charge in [-0.25, -0.2) is 0 Å². The molecule has 0 aliphatic carbocycles. The summed E-state index contributed by atoms with van der Waals surface area (Å²) in [6, 6.07) is 9.29. The number of rotatable bonds is 9. The second-order valence-corrected chi connectivity index (χ2v) is 5.31. The number of carboxylic acid groups (broad SMARTS) is 1. The SMILES string of the molecule is CCCCC(C(=O)O)C(C)CC(=O)NNc1ccccc1. The van der Waals surface area contributed by atoms with E-state index in [1.807, 2.05) is 44.2 Å². The standard InChI is InChI=1S/C16H24N2O3/c1-3-4-10-14(16(20)21)12(2)11-15(19)18-17-13-8-6-5-7-9-13/h5-9,12,14,17H,3-4,10-11H2,1-2H3,(H,18,19)(H,20,21). The molecule has 0 aliphatic heterocycles. The molecule has 2 atom stereocenters. The Kier molecular flexibility index (Phi) is 7.29. The van der Waals surface area contributed by atoms with Crippen LogP contribution in [0.4, 0.5) is 5.69 Å². The van der Waals surface area contributed by atoms with Crippen molar-refractivity contribution in [3.63, 3.8) is 0 Å². The number of nitrogens with one attached hydrogen (secondary N) is 2. The minimum Gasteiger partial charge on any atom is -0.481 e. The van der Waals surface area contributed by atoms with Crippen LogP contribution in [0.25, 0.3) is 0 Å². The first-order valence-electron chi connectivity index (χ1n) is 7.37. The summed E-state index contributed by atoms with van der Waals surface area (Å²) in [6.07, 6.45) is 2.64. The van der Waals surface area contributed by atoms with Gasteiger partial charge in [-0.3, -0.25) is 20.4 Å². The minimum atomic E-state index is -0.820. The Labute approximate surface area is 125 Å². The number of amides is 1. The zero-order valence-corrected chi connectivity index (χ0v) is 12.6. The van der Waals surface area contributed by atoms with Gasteiger partial charge in [0.15, 0.2) is 0 Å². The average Bonchev–Trinajstić information content (AvgIpc) is 2.46. The molecule has 0 heterocycles. The van der Waals surface area contributed by atoms with Gasteiger partial charge in [-0.15, -0.1) is 0 Å². The summed E-state index contributed by atoms with van der Waals surface area (Å²) in [6.45, 7) is 3.84. The van der Waals surface area contributed by atoms with Crippen molar-refractivity contribution in [1.82, 2.24) is 5.43 Å². The highest BCUT2D eigenvalue weighted by Gasteiger charge is 2.25. The Bertz CT molecular complexity index is 448. The topological polar surface area (TPSA) is 78.4 Å². The summed E-state index contributed by atoms with van der Waals surface area (Å²) < 4.78 is 0. The Morgan fingerprint density at radius 2 is 1.90 bits per heavy atom. The number of carbonyl (C=O) groups is 2. The second-order valence-electron chi connectivity index (χ2n) is 5.31. The van der Waals surface area contributed by atoms with E-state index in [0.29, 0.717) is 6.42 Å². The molecule has 5 heteroatoms. The summed E-state index contributed by atoms with van der Waals surface area (Å²) in [7, 11) is 0. The van der Waals surface area contributed by atoms with Crippen molar-refractivity contribution in [1.29, 1.82) is 0 Å². The third-order valence-electron chi connectivity index (χ3n) is 3.50. The number of unbranched alkanes of at least 4 members (excludes halogenated alkanes) is 1. The molecule has 1 aromatic carbocycles. The molecule has 1 rings (SSSR count). The third-order valence-corrected chi connectivity index (χ3v) is 3.50. The first-order chi connectivity index (χ1) is 10.0. The maximum absolute atomic E-state index is 11.9. The fraction of sp³-hybridized carbons (Fsp3) is 0.500. The molecule has 0 saturated carbocycles. The predicted molar refractivity (Wildman–Crippen MR) is 82.6 cm³/mol. The van der Waals surface area contributed by atoms with Crippen LogP contribution in [-0.2, 0) is 9.59 Å². The Morgan fingerprint density at radius 3 is 2.48 bits per heavy atom. The molecule has 0 radical (unpaired) electrons. The normalized spacial score (nSPS) is 13.2. The van der Waals surface area contributed by atoms with E-state index in [9.17, 15) is 14.7 Å². The third kappa shape index (κ3) is 6.29. The van der Waals surface area contributed by atoms with Gasteiger partial charge in [-0.2, -0.15) is 0 Å². The van der Waals surface area contributed by atoms with Crippen molar-refractivity contribution in [2.24, 2.45) is 11.8 Å². The fourth-order valence-corrected chi connectivity index (χ4v) is 2.22. The highest BCUT2D eigenvalue weighted by atomic mass is 16.4. The molecule has 0 saturated heterocycles. The number of carboxylic acids is 1. The van der Waals surface area contributed by atoms with Gasteiger partial charge in [-0.05, 0) is 24.5 Å². The van der Waals surface area contributed by atoms with Gasteiger partial charge in [-0.1, -0.05) is 44.9 Å². The first kappa shape index (κ1) is 17.0. The predicted octanol–water partition coefficient (Wildman–Crippen LogP) is 3.05. The minimum absolute atomic E-state index is 0.188. The van der Waals surface area contributed by atoms with Gasteiger partial charge in [0.1, 0.15) is 0 Å². The van der Waals surface area contributed by atoms with Gasteiger partial charge in [0.25, 0.3) is 0 Å². The first-order valence-corrected chi connectivity index (χ1v) is 7.37. The largest absolute Gasteiger partial charge is 0.481 e. The molecule has 0 aliphatic rings. The van der Waals surface area contributed by atoms with Gasteiger partial charge >= 0.3 is 5.97 Å². The summed E-state index contributed by atoms with van der Waals surface area (Å²) in [5, 5.41) is 9.24. The van der Waals surface area contributed by atoms with E-state index in [0.717, 1.165) is 18.5 Å². The van der Waals surface area contributed by atoms with Crippen molar-refractivity contribution in [3.8, 4) is 0 Å². The number of hydrogen-bond donors (Lipinski definition) is 3. The number of benzene rings is 1. The molecule has 0 spiro atoms. The van der Waals surface area contributed by atoms with Crippen LogP contribution in [0.5, 0.6) is 0 Å². The molecule has 1 aromatic rings. The van der Waals surface area contributed by atoms with Crippen molar-refractivity contribution in [3.05, 3.63) is 30.3 Å². The van der Waals surface area contributed by atoms with E-state index in [1.165, 1.54) is 0 Å². The van der Waals surface area contributed by atoms with Crippen molar-refractivity contribution >= 4 is 17.6 Å². The van der Waals surface area contributed by atoms with E-state index in [4.69, 9.17) is 0 Å². The summed E-state index contributed by atoms with van der Waals surface area (Å²) >= 11 is 0. The van der Waals surface area contributed by atoms with Crippen LogP contribution in [0.1, 0.15) is 39.5 Å². The Balaban J connectivity index is 2.42. The van der Waals surface area contributed by atoms with E-state index < -0.39 is 11.9 Å². The Morgan fingerprint density at radius 1 is 1.24 bits per heavy atom. The molecular weight excluding hydrogens is 268 g/mol. The number of hydrogen-bond acceptors (Lipinski definition) is 3. The monoisotopic (exact) mass is 292 g/mol. The molecule has 0 aromatic heterocycles. The molecular formula is C16H24N2O3. The maximum atomic E-state index is 11.9. The van der Waals surface area contributed by atoms with Crippen LogP contribution in [0.3, 0.4) is 0 Å². The van der Waals surface area contributed by atoms with Gasteiger partial charge in [0, 0.05) is 6.42 Å². The number of para-hydroxylation sites is 1. The van der Waals surface area contributed by atoms with E-state index >= 15 is 0 Å². The van der Waals surface area contributed by atoms with Crippen LogP contribution < -0.4 is 10.9 Å². The lowest BCUT2D eigenvalue weighted by Gasteiger charge is -2.19. The van der Waals surface area contributed by atoms with Crippen molar-refractivity contribution in [2.75, 3.05) is 5.43 Å². The molecule has 0 bridgehead atoms. The lowest BCUT2D eigenvalue weighted by Crippen LogP contribution is -2.33. The smallest absolute Gasteiger partial charge is 0.306 e. The fourth-order valence-electron chi connectivity index (χ4n) is 2.22. The number of anilines is 1. The Hall–Kier alpha value is -2.04. The lowest BCUT2D eigenvalue weighted by atomic mass is 9.87. The summed E-state index contributed by atoms with van der Waals surface area (Å²) in [5.74, 6) is -1.67. The number of hydrazine groups is 1. The molecule has 5 nitrogen and oxygen atoms in total. The van der Waals surface area contributed by atoms with Crippen LogP contribution in [0, 0.1) is 11.8 Å². The number of aliphatic carboxylic acids is 1. The highest BCUT2D eigenvalue weighted by molar-refractivity contribution is 5.79. The van der Waals surface area contributed by atoms with Crippen molar-refractivity contribution < 1.29 is 14.7 Å². The molecule has 0 fully saturated rings. The highest BCUT2D eigenvalue weighted by Crippen LogP contribution is 2.22. The van der Waals surface area contributed by atoms with Gasteiger partial charge in [0.2, 0.25) is 5.91 Å². The van der Waals surface area contributed by atoms with Crippen LogP contribution >= 0.6 is 0 Å². The summed E-state index contributed by atoms with van der Waals surface area (Å²) in [4.78, 5) is 23.1. The van der Waals surface area contributed by atoms with E-state index in [2.05, 4.69) is 10.9 Å². The van der Waals surface area contributed by atoms with Crippen LogP contribution in [-0.4, -0.2) is 17.0 Å². The van der Waals surface area contributed by atoms with Crippen molar-refractivity contribution in [2.45, 2.75) is 39.5 Å². The summed E-state index contributed by atoms with van der Waals surface area (Å²) in [5.41, 5.74) is 6.20.